The van der Waals surface area contributed by atoms with Gasteiger partial charge in [-0.15, -0.1) is 11.3 Å². The number of ketones is 1. The lowest BCUT2D eigenvalue weighted by Crippen LogP contribution is -2.59. The molecule has 0 radical (unpaired) electrons. The number of carbonyl (C=O) groups is 2. The first-order valence-electron chi connectivity index (χ1n) is 6.33. The molecule has 0 aromatic carbocycles. The van der Waals surface area contributed by atoms with E-state index in [1.54, 1.807) is 6.07 Å². The van der Waals surface area contributed by atoms with Gasteiger partial charge in [-0.2, -0.15) is 0 Å². The Bertz CT molecular complexity index is 552. The molecule has 0 amide bonds. The number of carbonyl (C=O) groups excluding carboxylic acids is 2. The third-order valence-corrected chi connectivity index (χ3v) is 4.24. The molecule has 2 heterocycles. The molecule has 0 bridgehead atoms. The van der Waals surface area contributed by atoms with E-state index < -0.39 is 0 Å². The summed E-state index contributed by atoms with van der Waals surface area (Å²) in [6.07, 6.45) is 3.23. The van der Waals surface area contributed by atoms with Crippen molar-refractivity contribution < 1.29 is 9.59 Å². The second-order valence-electron chi connectivity index (χ2n) is 6.15. The molecule has 0 spiro atoms. The molecule has 1 N–H and O–H groups in total. The van der Waals surface area contributed by atoms with Gasteiger partial charge < -0.3 is 5.32 Å². The third-order valence-electron chi connectivity index (χ3n) is 3.28. The maximum absolute atomic E-state index is 12.3. The van der Waals surface area contributed by atoms with Gasteiger partial charge in [0.25, 0.3) is 0 Å². The molecular weight excluding hydrogens is 258 g/mol. The summed E-state index contributed by atoms with van der Waals surface area (Å²) in [5.41, 5.74) is 0.247. The molecule has 0 saturated carbocycles. The quantitative estimate of drug-likeness (QED) is 0.667. The van der Waals surface area contributed by atoms with E-state index in [-0.39, 0.29) is 16.9 Å². The number of hydrogen-bond acceptors (Lipinski definition) is 4. The highest BCUT2D eigenvalue weighted by Crippen LogP contribution is 2.32. The van der Waals surface area contributed by atoms with Crippen LogP contribution in [0.4, 0.5) is 0 Å². The van der Waals surface area contributed by atoms with E-state index in [1.807, 2.05) is 39.8 Å². The Balaban J connectivity index is 2.37. The average Bonchev–Trinajstić information content (AvgIpc) is 2.69. The minimum absolute atomic E-state index is 0.176. The third kappa shape index (κ3) is 3.01. The van der Waals surface area contributed by atoms with E-state index in [4.69, 9.17) is 0 Å². The van der Waals surface area contributed by atoms with Crippen molar-refractivity contribution in [1.29, 1.82) is 0 Å². The van der Waals surface area contributed by atoms with Gasteiger partial charge in [0.05, 0.1) is 4.88 Å². The molecule has 1 aliphatic heterocycles. The minimum Gasteiger partial charge on any atom is -0.302 e. The second-order valence-corrected chi connectivity index (χ2v) is 7.30. The largest absolute Gasteiger partial charge is 0.302 e. The highest BCUT2D eigenvalue weighted by molar-refractivity contribution is 7.14. The molecule has 0 atom stereocenters. The minimum atomic E-state index is -0.357. The molecule has 0 unspecified atom stereocenters. The Hall–Kier alpha value is -1.26. The molecule has 3 nitrogen and oxygen atoms in total. The van der Waals surface area contributed by atoms with Crippen molar-refractivity contribution in [2.75, 3.05) is 0 Å². The molecule has 2 rings (SSSR count). The van der Waals surface area contributed by atoms with E-state index in [1.165, 1.54) is 11.3 Å². The van der Waals surface area contributed by atoms with Crippen LogP contribution in [-0.2, 0) is 4.79 Å². The zero-order valence-corrected chi connectivity index (χ0v) is 12.6. The van der Waals surface area contributed by atoms with E-state index in [0.717, 1.165) is 16.7 Å². The number of rotatable bonds is 2. The van der Waals surface area contributed by atoms with Crippen LogP contribution in [-0.4, -0.2) is 23.1 Å². The number of aldehydes is 1. The first-order chi connectivity index (χ1) is 8.73. The van der Waals surface area contributed by atoms with Crippen molar-refractivity contribution in [3.63, 3.8) is 0 Å². The summed E-state index contributed by atoms with van der Waals surface area (Å²) in [5, 5.41) is 3.50. The van der Waals surface area contributed by atoms with Crippen molar-refractivity contribution in [2.45, 2.75) is 45.2 Å². The molecular formula is C15H19NO2S. The summed E-state index contributed by atoms with van der Waals surface area (Å²) in [6, 6.07) is 3.66. The van der Waals surface area contributed by atoms with Gasteiger partial charge in [0.1, 0.15) is 0 Å². The zero-order chi connectivity index (χ0) is 14.3. The lowest BCUT2D eigenvalue weighted by molar-refractivity contribution is -0.119. The fourth-order valence-corrected chi connectivity index (χ4v) is 3.48. The molecule has 1 aliphatic rings. The van der Waals surface area contributed by atoms with Gasteiger partial charge in [0.2, 0.25) is 0 Å². The molecule has 0 aliphatic carbocycles. The van der Waals surface area contributed by atoms with Crippen LogP contribution in [0, 0.1) is 0 Å². The highest BCUT2D eigenvalue weighted by atomic mass is 32.1. The van der Waals surface area contributed by atoms with Crippen LogP contribution in [0.3, 0.4) is 0 Å². The fraction of sp³-hybridized carbons (Fsp3) is 0.467. The van der Waals surface area contributed by atoms with E-state index in [2.05, 4.69) is 5.32 Å². The van der Waals surface area contributed by atoms with E-state index in [9.17, 15) is 9.59 Å². The highest BCUT2D eigenvalue weighted by Gasteiger charge is 2.40. The van der Waals surface area contributed by atoms with E-state index in [0.29, 0.717) is 11.3 Å². The first kappa shape index (κ1) is 14.2. The topological polar surface area (TPSA) is 46.2 Å². The van der Waals surface area contributed by atoms with Crippen molar-refractivity contribution in [1.82, 2.24) is 5.32 Å². The molecule has 102 valence electrons. The summed E-state index contributed by atoms with van der Waals surface area (Å²) >= 11 is 1.40. The average molecular weight is 277 g/mol. The van der Waals surface area contributed by atoms with Crippen molar-refractivity contribution >= 4 is 29.5 Å². The number of Topliss-reactive ketones (excluding diaryl/α,β-unsaturated/α-hetero) is 1. The normalized spacial score (nSPS) is 23.6. The van der Waals surface area contributed by atoms with Crippen LogP contribution in [0.1, 0.15) is 48.7 Å². The SMILES string of the molecule is CC1(C)CC(=O)/C(=C/c2ccc(C=O)s2)C(C)(C)N1. The molecule has 1 fully saturated rings. The fourth-order valence-electron chi connectivity index (χ4n) is 2.72. The molecule has 4 heteroatoms. The molecule has 19 heavy (non-hydrogen) atoms. The van der Waals surface area contributed by atoms with Crippen LogP contribution in [0.15, 0.2) is 17.7 Å². The van der Waals surface area contributed by atoms with Gasteiger partial charge in [-0.1, -0.05) is 0 Å². The summed E-state index contributed by atoms with van der Waals surface area (Å²) < 4.78 is 0. The summed E-state index contributed by atoms with van der Waals surface area (Å²) in [6.45, 7) is 8.12. The smallest absolute Gasteiger partial charge is 0.162 e. The predicted molar refractivity (Wildman–Crippen MR) is 78.6 cm³/mol. The lowest BCUT2D eigenvalue weighted by atomic mass is 9.77. The Morgan fingerprint density at radius 2 is 1.84 bits per heavy atom. The summed E-state index contributed by atoms with van der Waals surface area (Å²) in [7, 11) is 0. The Morgan fingerprint density at radius 1 is 1.21 bits per heavy atom. The second kappa shape index (κ2) is 4.69. The van der Waals surface area contributed by atoms with Gasteiger partial charge in [-0.3, -0.25) is 9.59 Å². The van der Waals surface area contributed by atoms with Gasteiger partial charge in [0.15, 0.2) is 12.1 Å². The van der Waals surface area contributed by atoms with Crippen LogP contribution in [0.25, 0.3) is 6.08 Å². The standard InChI is InChI=1S/C15H19NO2S/c1-14(2)8-13(18)12(15(3,4)16-14)7-10-5-6-11(9-17)19-10/h5-7,9,16H,8H2,1-4H3/b12-7-. The summed E-state index contributed by atoms with van der Waals surface area (Å²) in [4.78, 5) is 24.7. The zero-order valence-electron chi connectivity index (χ0n) is 11.7. The predicted octanol–water partition coefficient (Wildman–Crippen LogP) is 3.06. The maximum Gasteiger partial charge on any atom is 0.162 e. The van der Waals surface area contributed by atoms with Crippen LogP contribution < -0.4 is 5.32 Å². The van der Waals surface area contributed by atoms with Gasteiger partial charge in [-0.05, 0) is 45.9 Å². The maximum atomic E-state index is 12.3. The molecule has 1 saturated heterocycles. The Labute approximate surface area is 117 Å². The van der Waals surface area contributed by atoms with Crippen molar-refractivity contribution in [3.8, 4) is 0 Å². The monoisotopic (exact) mass is 277 g/mol. The Morgan fingerprint density at radius 3 is 2.37 bits per heavy atom. The molecule has 1 aromatic heterocycles. The number of nitrogens with one attached hydrogen (secondary N) is 1. The molecule has 1 aromatic rings. The van der Waals surface area contributed by atoms with Crippen molar-refractivity contribution in [2.24, 2.45) is 0 Å². The van der Waals surface area contributed by atoms with Gasteiger partial charge in [-0.25, -0.2) is 0 Å². The van der Waals surface area contributed by atoms with Crippen LogP contribution in [0.5, 0.6) is 0 Å². The number of hydrogen-bond donors (Lipinski definition) is 1. The van der Waals surface area contributed by atoms with Crippen LogP contribution in [0.2, 0.25) is 0 Å². The number of piperidine rings is 1. The number of thiophene rings is 1. The lowest BCUT2D eigenvalue weighted by Gasteiger charge is -2.43. The first-order valence-corrected chi connectivity index (χ1v) is 7.15. The van der Waals surface area contributed by atoms with Crippen molar-refractivity contribution in [3.05, 3.63) is 27.5 Å². The summed E-state index contributed by atoms with van der Waals surface area (Å²) in [5.74, 6) is 0.176. The van der Waals surface area contributed by atoms with Gasteiger partial charge >= 0.3 is 0 Å². The van der Waals surface area contributed by atoms with Gasteiger partial charge in [0, 0.05) is 27.9 Å². The van der Waals surface area contributed by atoms with Crippen LogP contribution >= 0.6 is 11.3 Å². The Kier molecular flexibility index (Phi) is 3.49. The van der Waals surface area contributed by atoms with E-state index >= 15 is 0 Å².